The van der Waals surface area contributed by atoms with Gasteiger partial charge in [0.05, 0.1) is 17.6 Å². The molecule has 1 aromatic carbocycles. The fourth-order valence-corrected chi connectivity index (χ4v) is 1.70. The van der Waals surface area contributed by atoms with E-state index in [0.717, 1.165) is 17.7 Å². The summed E-state index contributed by atoms with van der Waals surface area (Å²) in [5.41, 5.74) is 3.51. The largest absolute Gasteiger partial charge is 0.382 e. The molecule has 0 amide bonds. The molecule has 0 bridgehead atoms. The highest BCUT2D eigenvalue weighted by atomic mass is 16.3. The molecule has 17 heavy (non-hydrogen) atoms. The summed E-state index contributed by atoms with van der Waals surface area (Å²) in [6.45, 7) is 3.97. The van der Waals surface area contributed by atoms with Gasteiger partial charge >= 0.3 is 0 Å². The van der Waals surface area contributed by atoms with Crippen LogP contribution < -0.4 is 0 Å². The van der Waals surface area contributed by atoms with Crippen molar-refractivity contribution in [3.05, 3.63) is 59.2 Å². The Labute approximate surface area is 101 Å². The highest BCUT2D eigenvalue weighted by molar-refractivity contribution is 5.29. The normalized spacial score (nSPS) is 12.4. The summed E-state index contributed by atoms with van der Waals surface area (Å²) in [6, 6.07) is 7.92. The van der Waals surface area contributed by atoms with Crippen LogP contribution in [-0.4, -0.2) is 15.1 Å². The van der Waals surface area contributed by atoms with Crippen LogP contribution >= 0.6 is 0 Å². The molecule has 1 atom stereocenters. The average molecular weight is 228 g/mol. The van der Waals surface area contributed by atoms with Crippen molar-refractivity contribution in [3.8, 4) is 0 Å². The second-order valence-corrected chi connectivity index (χ2v) is 4.08. The minimum Gasteiger partial charge on any atom is -0.382 e. The van der Waals surface area contributed by atoms with E-state index in [1.54, 1.807) is 12.4 Å². The SMILES string of the molecule is CCc1cccc(C(O)c2cnc(C)cn2)c1. The van der Waals surface area contributed by atoms with Crippen LogP contribution in [0.15, 0.2) is 36.7 Å². The van der Waals surface area contributed by atoms with Gasteiger partial charge in [0.1, 0.15) is 6.10 Å². The van der Waals surface area contributed by atoms with E-state index in [-0.39, 0.29) is 0 Å². The third kappa shape index (κ3) is 2.68. The maximum Gasteiger partial charge on any atom is 0.123 e. The van der Waals surface area contributed by atoms with Crippen LogP contribution in [0.4, 0.5) is 0 Å². The molecule has 1 heterocycles. The topological polar surface area (TPSA) is 46.0 Å². The van der Waals surface area contributed by atoms with Gasteiger partial charge in [-0.1, -0.05) is 31.2 Å². The van der Waals surface area contributed by atoms with E-state index in [9.17, 15) is 5.11 Å². The van der Waals surface area contributed by atoms with Crippen molar-refractivity contribution in [2.45, 2.75) is 26.4 Å². The minimum atomic E-state index is -0.699. The standard InChI is InChI=1S/C14H16N2O/c1-3-11-5-4-6-12(7-11)14(17)13-9-15-10(2)8-16-13/h4-9,14,17H,3H2,1-2H3. The number of aromatic nitrogens is 2. The number of aliphatic hydroxyl groups is 1. The van der Waals surface area contributed by atoms with Gasteiger partial charge in [-0.15, -0.1) is 0 Å². The predicted molar refractivity (Wildman–Crippen MR) is 66.7 cm³/mol. The van der Waals surface area contributed by atoms with E-state index in [0.29, 0.717) is 5.69 Å². The van der Waals surface area contributed by atoms with Crippen LogP contribution in [0.3, 0.4) is 0 Å². The van der Waals surface area contributed by atoms with Gasteiger partial charge in [0.25, 0.3) is 0 Å². The lowest BCUT2D eigenvalue weighted by atomic mass is 10.0. The molecule has 88 valence electrons. The van der Waals surface area contributed by atoms with Crippen LogP contribution in [-0.2, 0) is 6.42 Å². The number of aliphatic hydroxyl groups excluding tert-OH is 1. The first kappa shape index (κ1) is 11.7. The van der Waals surface area contributed by atoms with Gasteiger partial charge in [0.15, 0.2) is 0 Å². The van der Waals surface area contributed by atoms with Crippen LogP contribution in [0.2, 0.25) is 0 Å². The molecule has 3 nitrogen and oxygen atoms in total. The van der Waals surface area contributed by atoms with E-state index < -0.39 is 6.10 Å². The number of hydrogen-bond donors (Lipinski definition) is 1. The summed E-state index contributed by atoms with van der Waals surface area (Å²) < 4.78 is 0. The Kier molecular flexibility index (Phi) is 3.49. The molecule has 0 aliphatic heterocycles. The number of rotatable bonds is 3. The van der Waals surface area contributed by atoms with Gasteiger partial charge in [-0.2, -0.15) is 0 Å². The minimum absolute atomic E-state index is 0.587. The zero-order chi connectivity index (χ0) is 12.3. The molecule has 2 rings (SSSR count). The zero-order valence-corrected chi connectivity index (χ0v) is 10.1. The summed E-state index contributed by atoms with van der Waals surface area (Å²) in [5, 5.41) is 10.2. The van der Waals surface area contributed by atoms with Crippen molar-refractivity contribution in [1.29, 1.82) is 0 Å². The summed E-state index contributed by atoms with van der Waals surface area (Å²) in [5.74, 6) is 0. The Bertz CT molecular complexity index is 494. The van der Waals surface area contributed by atoms with Crippen LogP contribution in [0.25, 0.3) is 0 Å². The molecular formula is C14H16N2O. The molecule has 1 N–H and O–H groups in total. The van der Waals surface area contributed by atoms with Crippen molar-refractivity contribution >= 4 is 0 Å². The first-order chi connectivity index (χ1) is 8.20. The summed E-state index contributed by atoms with van der Waals surface area (Å²) >= 11 is 0. The van der Waals surface area contributed by atoms with Gasteiger partial charge in [0.2, 0.25) is 0 Å². The average Bonchev–Trinajstić information content (AvgIpc) is 2.39. The van der Waals surface area contributed by atoms with E-state index >= 15 is 0 Å². The number of hydrogen-bond acceptors (Lipinski definition) is 3. The molecule has 1 unspecified atom stereocenters. The monoisotopic (exact) mass is 228 g/mol. The summed E-state index contributed by atoms with van der Waals surface area (Å²) in [7, 11) is 0. The molecule has 0 saturated heterocycles. The Morgan fingerprint density at radius 1 is 1.24 bits per heavy atom. The van der Waals surface area contributed by atoms with Crippen LogP contribution in [0.1, 0.15) is 35.5 Å². The molecule has 0 spiro atoms. The van der Waals surface area contributed by atoms with Crippen molar-refractivity contribution < 1.29 is 5.11 Å². The molecule has 3 heteroatoms. The summed E-state index contributed by atoms with van der Waals surface area (Å²) in [6.07, 6.45) is 3.55. The highest BCUT2D eigenvalue weighted by Crippen LogP contribution is 2.20. The molecule has 0 fully saturated rings. The maximum absolute atomic E-state index is 10.2. The van der Waals surface area contributed by atoms with Crippen molar-refractivity contribution in [2.24, 2.45) is 0 Å². The number of nitrogens with zero attached hydrogens (tertiary/aromatic N) is 2. The smallest absolute Gasteiger partial charge is 0.123 e. The first-order valence-electron chi connectivity index (χ1n) is 5.76. The predicted octanol–water partition coefficient (Wildman–Crippen LogP) is 2.43. The molecule has 1 aromatic heterocycles. The Balaban J connectivity index is 2.29. The maximum atomic E-state index is 10.2. The Morgan fingerprint density at radius 2 is 2.06 bits per heavy atom. The van der Waals surface area contributed by atoms with Gasteiger partial charge < -0.3 is 5.11 Å². The van der Waals surface area contributed by atoms with Crippen LogP contribution in [0.5, 0.6) is 0 Å². The lowest BCUT2D eigenvalue weighted by Crippen LogP contribution is -2.03. The molecule has 0 aliphatic rings. The van der Waals surface area contributed by atoms with Crippen LogP contribution in [0, 0.1) is 6.92 Å². The van der Waals surface area contributed by atoms with Gasteiger partial charge in [-0.05, 0) is 24.5 Å². The zero-order valence-electron chi connectivity index (χ0n) is 10.1. The molecule has 0 radical (unpaired) electrons. The second-order valence-electron chi connectivity index (χ2n) is 4.08. The quantitative estimate of drug-likeness (QED) is 0.877. The Morgan fingerprint density at radius 3 is 2.71 bits per heavy atom. The van der Waals surface area contributed by atoms with E-state index in [1.807, 2.05) is 25.1 Å². The third-order valence-corrected chi connectivity index (χ3v) is 2.76. The van der Waals surface area contributed by atoms with Gasteiger partial charge in [-0.3, -0.25) is 9.97 Å². The van der Waals surface area contributed by atoms with E-state index in [2.05, 4.69) is 23.0 Å². The number of benzene rings is 1. The fraction of sp³-hybridized carbons (Fsp3) is 0.286. The van der Waals surface area contributed by atoms with Crippen molar-refractivity contribution in [3.63, 3.8) is 0 Å². The highest BCUT2D eigenvalue weighted by Gasteiger charge is 2.12. The molecular weight excluding hydrogens is 212 g/mol. The molecule has 2 aromatic rings. The third-order valence-electron chi connectivity index (χ3n) is 2.76. The van der Waals surface area contributed by atoms with E-state index in [4.69, 9.17) is 0 Å². The molecule has 0 saturated carbocycles. The Hall–Kier alpha value is -1.74. The lowest BCUT2D eigenvalue weighted by Gasteiger charge is -2.11. The first-order valence-corrected chi connectivity index (χ1v) is 5.76. The number of aryl methyl sites for hydroxylation is 2. The second kappa shape index (κ2) is 5.06. The van der Waals surface area contributed by atoms with Crippen molar-refractivity contribution in [1.82, 2.24) is 9.97 Å². The summed E-state index contributed by atoms with van der Waals surface area (Å²) in [4.78, 5) is 8.34. The van der Waals surface area contributed by atoms with Gasteiger partial charge in [0, 0.05) is 6.20 Å². The van der Waals surface area contributed by atoms with Crippen molar-refractivity contribution in [2.75, 3.05) is 0 Å². The lowest BCUT2D eigenvalue weighted by molar-refractivity contribution is 0.214. The molecule has 0 aliphatic carbocycles. The van der Waals surface area contributed by atoms with Gasteiger partial charge in [-0.25, -0.2) is 0 Å². The fourth-order valence-electron chi connectivity index (χ4n) is 1.70. The van der Waals surface area contributed by atoms with E-state index in [1.165, 1.54) is 5.56 Å².